The fraction of sp³-hybridized carbons (Fsp3) is 0.450. The van der Waals surface area contributed by atoms with Crippen LogP contribution >= 0.6 is 23.4 Å². The molecule has 0 aromatic heterocycles. The third-order valence-electron chi connectivity index (χ3n) is 3.96. The van der Waals surface area contributed by atoms with Gasteiger partial charge in [-0.1, -0.05) is 50.6 Å². The minimum absolute atomic E-state index is 0.0438. The summed E-state index contributed by atoms with van der Waals surface area (Å²) in [6.07, 6.45) is 8.99. The summed E-state index contributed by atoms with van der Waals surface area (Å²) >= 11 is 7.18. The minimum Gasteiger partial charge on any atom is -0.478 e. The van der Waals surface area contributed by atoms with E-state index in [2.05, 4.69) is 18.8 Å². The molecule has 3 N–H and O–H groups in total. The second kappa shape index (κ2) is 10.7. The molecule has 0 bridgehead atoms. The summed E-state index contributed by atoms with van der Waals surface area (Å²) in [5, 5.41) is 24.6. The van der Waals surface area contributed by atoms with E-state index in [1.54, 1.807) is 18.2 Å². The van der Waals surface area contributed by atoms with E-state index in [0.29, 0.717) is 28.6 Å². The first kappa shape index (κ1) is 22.6. The van der Waals surface area contributed by atoms with Crippen LogP contribution in [0.25, 0.3) is 0 Å². The van der Waals surface area contributed by atoms with Gasteiger partial charge in [0.1, 0.15) is 4.93 Å². The molecular formula is C20H28ClNO3S. The van der Waals surface area contributed by atoms with Gasteiger partial charge in [-0.05, 0) is 36.8 Å². The lowest BCUT2D eigenvalue weighted by Gasteiger charge is -2.36. The Labute approximate surface area is 165 Å². The predicted molar refractivity (Wildman–Crippen MR) is 111 cm³/mol. The Balaban J connectivity index is 3.54. The number of hydrogen-bond donors (Lipinski definition) is 3. The average Bonchev–Trinajstić information content (AvgIpc) is 2.56. The molecule has 26 heavy (non-hydrogen) atoms. The smallest absolute Gasteiger partial charge is 0.331 e. The zero-order valence-corrected chi connectivity index (χ0v) is 17.2. The fourth-order valence-electron chi connectivity index (χ4n) is 2.78. The first-order valence-corrected chi connectivity index (χ1v) is 10.1. The lowest BCUT2D eigenvalue weighted by atomic mass is 9.87. The second-order valence-electron chi connectivity index (χ2n) is 5.96. The summed E-state index contributed by atoms with van der Waals surface area (Å²) in [4.78, 5) is 10.3. The molecular weight excluding hydrogens is 370 g/mol. The number of allylic oxidation sites excluding steroid dienone is 5. The first-order chi connectivity index (χ1) is 12.3. The van der Waals surface area contributed by atoms with Gasteiger partial charge < -0.3 is 15.5 Å². The third-order valence-corrected chi connectivity index (χ3v) is 5.20. The number of hydrogen-bond acceptors (Lipinski definition) is 4. The van der Waals surface area contributed by atoms with Crippen LogP contribution in [0.2, 0.25) is 0 Å². The van der Waals surface area contributed by atoms with Gasteiger partial charge in [0.25, 0.3) is 0 Å². The van der Waals surface area contributed by atoms with Gasteiger partial charge in [0.05, 0.1) is 0 Å². The Bertz CT molecular complexity index is 664. The molecule has 1 atom stereocenters. The molecule has 0 aromatic carbocycles. The molecule has 0 fully saturated rings. The van der Waals surface area contributed by atoms with E-state index in [1.807, 2.05) is 19.9 Å². The van der Waals surface area contributed by atoms with E-state index < -0.39 is 10.9 Å². The summed E-state index contributed by atoms with van der Waals surface area (Å²) < 4.78 is 0. The van der Waals surface area contributed by atoms with E-state index in [4.69, 9.17) is 11.6 Å². The molecule has 4 nitrogen and oxygen atoms in total. The maximum atomic E-state index is 11.6. The highest BCUT2D eigenvalue weighted by molar-refractivity contribution is 8.00. The molecule has 0 aliphatic heterocycles. The Morgan fingerprint density at radius 1 is 1.46 bits per heavy atom. The molecule has 0 saturated heterocycles. The van der Waals surface area contributed by atoms with Crippen molar-refractivity contribution in [3.8, 4) is 0 Å². The van der Waals surface area contributed by atoms with Gasteiger partial charge in [-0.15, -0.1) is 11.8 Å². The van der Waals surface area contributed by atoms with Gasteiger partial charge in [-0.25, -0.2) is 4.79 Å². The maximum absolute atomic E-state index is 11.6. The number of aliphatic hydroxyl groups is 1. The molecule has 1 aliphatic rings. The molecule has 0 amide bonds. The SMILES string of the molecule is C=C(Cl)/C=C\C(=C/C)C1=C(NCCCC)C=C(C(=O)O)CC1(O)SCC. The average molecular weight is 398 g/mol. The second-order valence-corrected chi connectivity index (χ2v) is 7.99. The van der Waals surface area contributed by atoms with Gasteiger partial charge in [0.15, 0.2) is 0 Å². The minimum atomic E-state index is -1.33. The van der Waals surface area contributed by atoms with Crippen LogP contribution in [0.3, 0.4) is 0 Å². The molecule has 1 rings (SSSR count). The van der Waals surface area contributed by atoms with Crippen LogP contribution in [-0.2, 0) is 4.79 Å². The number of unbranched alkanes of at least 4 members (excludes halogenated alkanes) is 1. The third kappa shape index (κ3) is 6.08. The highest BCUT2D eigenvalue weighted by Gasteiger charge is 2.40. The zero-order chi connectivity index (χ0) is 19.7. The number of carboxylic acids is 1. The van der Waals surface area contributed by atoms with E-state index in [1.165, 1.54) is 11.8 Å². The molecule has 6 heteroatoms. The predicted octanol–water partition coefficient (Wildman–Crippen LogP) is 4.74. The highest BCUT2D eigenvalue weighted by atomic mass is 35.5. The summed E-state index contributed by atoms with van der Waals surface area (Å²) in [7, 11) is 0. The van der Waals surface area contributed by atoms with Crippen LogP contribution in [0, 0.1) is 0 Å². The van der Waals surface area contributed by atoms with Crippen LogP contribution in [-0.4, -0.2) is 33.4 Å². The number of rotatable bonds is 10. The Morgan fingerprint density at radius 3 is 2.65 bits per heavy atom. The summed E-state index contributed by atoms with van der Waals surface area (Å²) in [6, 6.07) is 0. The highest BCUT2D eigenvalue weighted by Crippen LogP contribution is 2.44. The van der Waals surface area contributed by atoms with E-state index in [-0.39, 0.29) is 12.0 Å². The Hall–Kier alpha value is -1.43. The van der Waals surface area contributed by atoms with Crippen molar-refractivity contribution in [2.75, 3.05) is 12.3 Å². The molecule has 0 aromatic rings. The van der Waals surface area contributed by atoms with E-state index in [9.17, 15) is 15.0 Å². The quantitative estimate of drug-likeness (QED) is 0.282. The summed E-state index contributed by atoms with van der Waals surface area (Å²) in [6.45, 7) is 10.3. The monoisotopic (exact) mass is 397 g/mol. The normalized spacial score (nSPS) is 21.1. The molecule has 0 heterocycles. The summed E-state index contributed by atoms with van der Waals surface area (Å²) in [5.74, 6) is -0.362. The molecule has 1 unspecified atom stereocenters. The van der Waals surface area contributed by atoms with Gasteiger partial charge in [-0.2, -0.15) is 0 Å². The van der Waals surface area contributed by atoms with Gasteiger partial charge in [0.2, 0.25) is 0 Å². The molecule has 144 valence electrons. The van der Waals surface area contributed by atoms with Crippen molar-refractivity contribution in [1.82, 2.24) is 5.32 Å². The van der Waals surface area contributed by atoms with Crippen LogP contribution in [0.4, 0.5) is 0 Å². The van der Waals surface area contributed by atoms with Crippen molar-refractivity contribution >= 4 is 29.3 Å². The zero-order valence-electron chi connectivity index (χ0n) is 15.6. The van der Waals surface area contributed by atoms with Crippen molar-refractivity contribution in [2.24, 2.45) is 0 Å². The van der Waals surface area contributed by atoms with Crippen LogP contribution in [0.15, 0.2) is 58.3 Å². The van der Waals surface area contributed by atoms with Crippen molar-refractivity contribution in [1.29, 1.82) is 0 Å². The maximum Gasteiger partial charge on any atom is 0.331 e. The van der Waals surface area contributed by atoms with Gasteiger partial charge in [-0.3, -0.25) is 0 Å². The van der Waals surface area contributed by atoms with Gasteiger partial charge in [0, 0.05) is 34.8 Å². The van der Waals surface area contributed by atoms with E-state index >= 15 is 0 Å². The van der Waals surface area contributed by atoms with Crippen molar-refractivity contribution < 1.29 is 15.0 Å². The number of halogens is 1. The standard InChI is InChI=1S/C20H28ClNO3S/c1-5-8-11-22-17-12-16(19(23)24)13-20(25,26-7-3)18(17)15(6-2)10-9-14(4)21/h6,9-10,12,22,25H,4-5,7-8,11,13H2,1-3H3,(H,23,24)/b10-9-,15-6+. The molecule has 1 aliphatic carbocycles. The van der Waals surface area contributed by atoms with Crippen molar-refractivity contribution in [3.05, 3.63) is 58.3 Å². The van der Waals surface area contributed by atoms with Crippen LogP contribution < -0.4 is 5.32 Å². The largest absolute Gasteiger partial charge is 0.478 e. The number of thioether (sulfide) groups is 1. The number of nitrogens with one attached hydrogen (secondary N) is 1. The van der Waals surface area contributed by atoms with Crippen LogP contribution in [0.1, 0.15) is 40.0 Å². The Kier molecular flexibility index (Phi) is 9.27. The van der Waals surface area contributed by atoms with Crippen LogP contribution in [0.5, 0.6) is 0 Å². The fourth-order valence-corrected chi connectivity index (χ4v) is 3.95. The molecule has 0 saturated carbocycles. The molecule has 0 spiro atoms. The topological polar surface area (TPSA) is 69.6 Å². The number of carboxylic acid groups (broad SMARTS) is 1. The lowest BCUT2D eigenvalue weighted by Crippen LogP contribution is -2.36. The summed E-state index contributed by atoms with van der Waals surface area (Å²) in [5.41, 5.74) is 2.30. The number of carbonyl (C=O) groups is 1. The molecule has 0 radical (unpaired) electrons. The Morgan fingerprint density at radius 2 is 2.15 bits per heavy atom. The first-order valence-electron chi connectivity index (χ1n) is 8.77. The van der Waals surface area contributed by atoms with E-state index in [0.717, 1.165) is 18.4 Å². The number of aliphatic carboxylic acids is 1. The van der Waals surface area contributed by atoms with Crippen molar-refractivity contribution in [3.63, 3.8) is 0 Å². The van der Waals surface area contributed by atoms with Gasteiger partial charge >= 0.3 is 5.97 Å². The van der Waals surface area contributed by atoms with Crippen molar-refractivity contribution in [2.45, 2.75) is 45.0 Å². The lowest BCUT2D eigenvalue weighted by molar-refractivity contribution is -0.133.